The normalized spacial score (nSPS) is 14.8. The molecule has 0 aliphatic carbocycles. The minimum absolute atomic E-state index is 0.991. The van der Waals surface area contributed by atoms with Gasteiger partial charge in [-0.2, -0.15) is 11.8 Å². The van der Waals surface area contributed by atoms with E-state index in [-0.39, 0.29) is 0 Å². The molecule has 0 spiro atoms. The van der Waals surface area contributed by atoms with E-state index >= 15 is 0 Å². The molecule has 0 fully saturated rings. The van der Waals surface area contributed by atoms with Crippen molar-refractivity contribution in [3.05, 3.63) is 0 Å². The molecule has 0 bridgehead atoms. The van der Waals surface area contributed by atoms with Gasteiger partial charge in [-0.25, -0.2) is 0 Å². The Morgan fingerprint density at radius 3 is 1.35 bits per heavy atom. The first kappa shape index (κ1) is 17.4. The standard InChI is InChI=1S/C16H34S/c1-5-9-15(7-3)11-13-17-14-12-16(8-4)10-6-2/h15-16H,5-14H2,1-4H3. The molecule has 2 unspecified atom stereocenters. The molecule has 0 radical (unpaired) electrons. The van der Waals surface area contributed by atoms with Gasteiger partial charge in [0.2, 0.25) is 0 Å². The lowest BCUT2D eigenvalue weighted by molar-refractivity contribution is 0.450. The fourth-order valence-electron chi connectivity index (χ4n) is 2.52. The van der Waals surface area contributed by atoms with Crippen LogP contribution in [0.3, 0.4) is 0 Å². The van der Waals surface area contributed by atoms with Crippen molar-refractivity contribution in [1.29, 1.82) is 0 Å². The Morgan fingerprint density at radius 1 is 0.647 bits per heavy atom. The van der Waals surface area contributed by atoms with Crippen molar-refractivity contribution in [3.63, 3.8) is 0 Å². The summed E-state index contributed by atoms with van der Waals surface area (Å²) < 4.78 is 0. The second-order valence-corrected chi connectivity index (χ2v) is 6.54. The third-order valence-electron chi connectivity index (χ3n) is 3.89. The van der Waals surface area contributed by atoms with Crippen molar-refractivity contribution in [1.82, 2.24) is 0 Å². The maximum atomic E-state index is 2.35. The lowest BCUT2D eigenvalue weighted by atomic mass is 9.98. The Bertz CT molecular complexity index is 128. The predicted molar refractivity (Wildman–Crippen MR) is 83.9 cm³/mol. The molecule has 0 amide bonds. The fourth-order valence-corrected chi connectivity index (χ4v) is 3.73. The van der Waals surface area contributed by atoms with Crippen LogP contribution in [0.5, 0.6) is 0 Å². The van der Waals surface area contributed by atoms with Gasteiger partial charge in [0, 0.05) is 0 Å². The maximum absolute atomic E-state index is 2.35. The van der Waals surface area contributed by atoms with Crippen LogP contribution >= 0.6 is 11.8 Å². The molecule has 104 valence electrons. The van der Waals surface area contributed by atoms with E-state index < -0.39 is 0 Å². The van der Waals surface area contributed by atoms with E-state index in [1.54, 1.807) is 0 Å². The van der Waals surface area contributed by atoms with Gasteiger partial charge in [0.1, 0.15) is 0 Å². The van der Waals surface area contributed by atoms with Gasteiger partial charge in [-0.05, 0) is 36.2 Å². The van der Waals surface area contributed by atoms with E-state index in [1.165, 1.54) is 62.9 Å². The molecular formula is C16H34S. The Hall–Kier alpha value is 0.350. The van der Waals surface area contributed by atoms with E-state index in [0.717, 1.165) is 11.8 Å². The van der Waals surface area contributed by atoms with Crippen LogP contribution in [0.25, 0.3) is 0 Å². The van der Waals surface area contributed by atoms with E-state index in [9.17, 15) is 0 Å². The monoisotopic (exact) mass is 258 g/mol. The molecule has 0 aliphatic rings. The number of hydrogen-bond acceptors (Lipinski definition) is 1. The molecule has 0 aliphatic heterocycles. The Kier molecular flexibility index (Phi) is 13.1. The summed E-state index contributed by atoms with van der Waals surface area (Å²) >= 11 is 2.19. The van der Waals surface area contributed by atoms with Crippen LogP contribution in [0.4, 0.5) is 0 Å². The summed E-state index contributed by atoms with van der Waals surface area (Å²) in [6.07, 6.45) is 11.2. The zero-order valence-corrected chi connectivity index (χ0v) is 13.5. The molecule has 0 heterocycles. The fraction of sp³-hybridized carbons (Fsp3) is 1.00. The predicted octanol–water partition coefficient (Wildman–Crippen LogP) is 6.15. The second kappa shape index (κ2) is 12.8. The lowest BCUT2D eigenvalue weighted by Gasteiger charge is -2.15. The van der Waals surface area contributed by atoms with Crippen LogP contribution in [0.2, 0.25) is 0 Å². The number of rotatable bonds is 12. The average molecular weight is 259 g/mol. The first-order valence-corrected chi connectivity index (χ1v) is 9.01. The van der Waals surface area contributed by atoms with Gasteiger partial charge in [-0.15, -0.1) is 0 Å². The molecule has 0 aromatic heterocycles. The van der Waals surface area contributed by atoms with E-state index in [4.69, 9.17) is 0 Å². The van der Waals surface area contributed by atoms with E-state index in [1.807, 2.05) is 0 Å². The highest BCUT2D eigenvalue weighted by molar-refractivity contribution is 7.99. The highest BCUT2D eigenvalue weighted by Gasteiger charge is 2.06. The van der Waals surface area contributed by atoms with Gasteiger partial charge in [-0.3, -0.25) is 0 Å². The Labute approximate surface area is 114 Å². The van der Waals surface area contributed by atoms with Crippen LogP contribution in [0.1, 0.15) is 79.1 Å². The summed E-state index contributed by atoms with van der Waals surface area (Å²) in [5.74, 6) is 4.76. The van der Waals surface area contributed by atoms with Crippen LogP contribution in [-0.2, 0) is 0 Å². The van der Waals surface area contributed by atoms with Gasteiger partial charge >= 0.3 is 0 Å². The highest BCUT2D eigenvalue weighted by atomic mass is 32.2. The highest BCUT2D eigenvalue weighted by Crippen LogP contribution is 2.21. The molecule has 0 N–H and O–H groups in total. The molecule has 0 aromatic rings. The first-order valence-electron chi connectivity index (χ1n) is 7.86. The van der Waals surface area contributed by atoms with Crippen LogP contribution in [-0.4, -0.2) is 11.5 Å². The average Bonchev–Trinajstić information content (AvgIpc) is 2.35. The van der Waals surface area contributed by atoms with Crippen LogP contribution in [0, 0.1) is 11.8 Å². The molecule has 0 aromatic carbocycles. The van der Waals surface area contributed by atoms with Crippen molar-refractivity contribution in [2.45, 2.75) is 79.1 Å². The van der Waals surface area contributed by atoms with Crippen molar-refractivity contribution in [2.75, 3.05) is 11.5 Å². The van der Waals surface area contributed by atoms with Crippen LogP contribution < -0.4 is 0 Å². The molecule has 2 atom stereocenters. The molecule has 0 nitrogen and oxygen atoms in total. The lowest BCUT2D eigenvalue weighted by Crippen LogP contribution is -2.02. The van der Waals surface area contributed by atoms with E-state index in [0.29, 0.717) is 0 Å². The molecular weight excluding hydrogens is 224 g/mol. The maximum Gasteiger partial charge on any atom is -0.00649 e. The molecule has 1 heteroatoms. The van der Waals surface area contributed by atoms with Gasteiger partial charge in [0.15, 0.2) is 0 Å². The Balaban J connectivity index is 3.43. The molecule has 0 saturated carbocycles. The van der Waals surface area contributed by atoms with Crippen molar-refractivity contribution < 1.29 is 0 Å². The van der Waals surface area contributed by atoms with Crippen LogP contribution in [0.15, 0.2) is 0 Å². The van der Waals surface area contributed by atoms with E-state index in [2.05, 4.69) is 39.5 Å². The third-order valence-corrected chi connectivity index (χ3v) is 4.94. The Morgan fingerprint density at radius 2 is 1.06 bits per heavy atom. The summed E-state index contributed by atoms with van der Waals surface area (Å²) in [6, 6.07) is 0. The minimum Gasteiger partial charge on any atom is -0.162 e. The topological polar surface area (TPSA) is 0 Å². The summed E-state index contributed by atoms with van der Waals surface area (Å²) in [5, 5.41) is 0. The number of hydrogen-bond donors (Lipinski definition) is 0. The molecule has 17 heavy (non-hydrogen) atoms. The molecule has 0 rings (SSSR count). The van der Waals surface area contributed by atoms with Gasteiger partial charge in [0.25, 0.3) is 0 Å². The van der Waals surface area contributed by atoms with Crippen molar-refractivity contribution in [3.8, 4) is 0 Å². The SMILES string of the molecule is CCCC(CC)CCSCCC(CC)CCC. The summed E-state index contributed by atoms with van der Waals surface area (Å²) in [7, 11) is 0. The second-order valence-electron chi connectivity index (χ2n) is 5.32. The van der Waals surface area contributed by atoms with Crippen molar-refractivity contribution >= 4 is 11.8 Å². The summed E-state index contributed by atoms with van der Waals surface area (Å²) in [4.78, 5) is 0. The smallest absolute Gasteiger partial charge is 0.00649 e. The van der Waals surface area contributed by atoms with Gasteiger partial charge in [0.05, 0.1) is 0 Å². The first-order chi connectivity index (χ1) is 8.28. The largest absolute Gasteiger partial charge is 0.162 e. The summed E-state index contributed by atoms with van der Waals surface area (Å²) in [5.41, 5.74) is 0. The number of thioether (sulfide) groups is 1. The van der Waals surface area contributed by atoms with Gasteiger partial charge < -0.3 is 0 Å². The van der Waals surface area contributed by atoms with Gasteiger partial charge in [-0.1, -0.05) is 66.2 Å². The minimum atomic E-state index is 0.991. The molecule has 0 saturated heterocycles. The third kappa shape index (κ3) is 10.00. The van der Waals surface area contributed by atoms with Crippen molar-refractivity contribution in [2.24, 2.45) is 11.8 Å². The quantitative estimate of drug-likeness (QED) is 0.378. The zero-order valence-electron chi connectivity index (χ0n) is 12.6. The summed E-state index contributed by atoms with van der Waals surface area (Å²) in [6.45, 7) is 9.32. The zero-order chi connectivity index (χ0) is 12.9.